The maximum absolute atomic E-state index is 11.3. The van der Waals surface area contributed by atoms with E-state index in [1.54, 1.807) is 13.0 Å². The van der Waals surface area contributed by atoms with Crippen LogP contribution in [0.4, 0.5) is 0 Å². The summed E-state index contributed by atoms with van der Waals surface area (Å²) < 4.78 is 9.97. The van der Waals surface area contributed by atoms with Gasteiger partial charge >= 0.3 is 11.9 Å². The normalized spacial score (nSPS) is 12.2. The zero-order valence-electron chi connectivity index (χ0n) is 10.6. The largest absolute Gasteiger partial charge is 0.481 e. The fourth-order valence-electron chi connectivity index (χ4n) is 1.44. The summed E-state index contributed by atoms with van der Waals surface area (Å²) in [7, 11) is 1.30. The van der Waals surface area contributed by atoms with Crippen molar-refractivity contribution in [3.63, 3.8) is 0 Å². The SMILES string of the molecule is COC(=O)c1oc(CSC(C)CC(=O)O)cc1C. The minimum atomic E-state index is -0.819. The molecule has 0 aliphatic carbocycles. The molecule has 0 aliphatic heterocycles. The predicted octanol–water partition coefficient (Wildman–Crippen LogP) is 2.47. The van der Waals surface area contributed by atoms with Crippen LogP contribution in [0.2, 0.25) is 0 Å². The van der Waals surface area contributed by atoms with Gasteiger partial charge < -0.3 is 14.3 Å². The Labute approximate surface area is 109 Å². The topological polar surface area (TPSA) is 76.7 Å². The van der Waals surface area contributed by atoms with Crippen LogP contribution in [0.5, 0.6) is 0 Å². The van der Waals surface area contributed by atoms with Crippen LogP contribution in [0.1, 0.15) is 35.2 Å². The Kier molecular flexibility index (Phi) is 5.27. The van der Waals surface area contributed by atoms with Gasteiger partial charge in [-0.2, -0.15) is 11.8 Å². The summed E-state index contributed by atoms with van der Waals surface area (Å²) >= 11 is 1.47. The molecule has 5 nitrogen and oxygen atoms in total. The molecule has 0 aromatic carbocycles. The molecule has 1 heterocycles. The molecular weight excluding hydrogens is 256 g/mol. The Morgan fingerprint density at radius 2 is 2.22 bits per heavy atom. The van der Waals surface area contributed by atoms with Crippen LogP contribution in [0.15, 0.2) is 10.5 Å². The number of thioether (sulfide) groups is 1. The summed E-state index contributed by atoms with van der Waals surface area (Å²) in [6.07, 6.45) is 0.105. The van der Waals surface area contributed by atoms with Crippen LogP contribution >= 0.6 is 11.8 Å². The van der Waals surface area contributed by atoms with Crippen LogP contribution in [-0.2, 0) is 15.3 Å². The molecule has 0 spiro atoms. The second kappa shape index (κ2) is 6.49. The number of ether oxygens (including phenoxy) is 1. The molecule has 1 atom stereocenters. The molecule has 1 N–H and O–H groups in total. The van der Waals surface area contributed by atoms with Crippen molar-refractivity contribution in [1.82, 2.24) is 0 Å². The standard InChI is InChI=1S/C12H16O5S/c1-7-4-9(17-11(7)12(15)16-3)6-18-8(2)5-10(13)14/h4,8H,5-6H2,1-3H3,(H,13,14). The summed E-state index contributed by atoms with van der Waals surface area (Å²) in [5.41, 5.74) is 0.725. The first kappa shape index (κ1) is 14.6. The summed E-state index contributed by atoms with van der Waals surface area (Å²) in [5.74, 6) is 0.0732. The van der Waals surface area contributed by atoms with E-state index in [4.69, 9.17) is 9.52 Å². The molecule has 1 aromatic heterocycles. The summed E-state index contributed by atoms with van der Waals surface area (Å²) in [6, 6.07) is 1.77. The maximum Gasteiger partial charge on any atom is 0.374 e. The van der Waals surface area contributed by atoms with E-state index in [-0.39, 0.29) is 17.4 Å². The lowest BCUT2D eigenvalue weighted by Gasteiger charge is -2.06. The van der Waals surface area contributed by atoms with Gasteiger partial charge in [-0.05, 0) is 13.0 Å². The molecule has 1 unspecified atom stereocenters. The van der Waals surface area contributed by atoms with Gasteiger partial charge in [-0.3, -0.25) is 4.79 Å². The summed E-state index contributed by atoms with van der Waals surface area (Å²) in [4.78, 5) is 21.8. The Bertz CT molecular complexity index is 438. The number of furan rings is 1. The van der Waals surface area contributed by atoms with Gasteiger partial charge in [0.1, 0.15) is 5.76 Å². The van der Waals surface area contributed by atoms with Gasteiger partial charge in [-0.1, -0.05) is 6.92 Å². The lowest BCUT2D eigenvalue weighted by Crippen LogP contribution is -2.05. The molecule has 0 radical (unpaired) electrons. The van der Waals surface area contributed by atoms with Crippen molar-refractivity contribution in [3.8, 4) is 0 Å². The molecule has 0 fully saturated rings. The van der Waals surface area contributed by atoms with Crippen molar-refractivity contribution >= 4 is 23.7 Å². The number of carboxylic acids is 1. The maximum atomic E-state index is 11.3. The molecule has 0 amide bonds. The van der Waals surface area contributed by atoms with Gasteiger partial charge in [-0.15, -0.1) is 0 Å². The quantitative estimate of drug-likeness (QED) is 0.802. The fraction of sp³-hybridized carbons (Fsp3) is 0.500. The lowest BCUT2D eigenvalue weighted by atomic mass is 10.3. The molecule has 0 aliphatic rings. The Balaban J connectivity index is 2.58. The van der Waals surface area contributed by atoms with Crippen molar-refractivity contribution < 1.29 is 23.8 Å². The Morgan fingerprint density at radius 1 is 1.56 bits per heavy atom. The second-order valence-electron chi connectivity index (χ2n) is 3.94. The van der Waals surface area contributed by atoms with E-state index < -0.39 is 11.9 Å². The van der Waals surface area contributed by atoms with E-state index in [2.05, 4.69) is 4.74 Å². The zero-order chi connectivity index (χ0) is 13.7. The van der Waals surface area contributed by atoms with Crippen molar-refractivity contribution in [3.05, 3.63) is 23.2 Å². The Morgan fingerprint density at radius 3 is 2.78 bits per heavy atom. The minimum Gasteiger partial charge on any atom is -0.481 e. The van der Waals surface area contributed by atoms with Gasteiger partial charge in [0, 0.05) is 10.8 Å². The van der Waals surface area contributed by atoms with Gasteiger partial charge in [-0.25, -0.2) is 4.79 Å². The highest BCUT2D eigenvalue weighted by atomic mass is 32.2. The number of carbonyl (C=O) groups excluding carboxylic acids is 1. The van der Waals surface area contributed by atoms with Gasteiger partial charge in [0.2, 0.25) is 5.76 Å². The molecule has 6 heteroatoms. The van der Waals surface area contributed by atoms with E-state index >= 15 is 0 Å². The van der Waals surface area contributed by atoms with E-state index in [0.717, 1.165) is 5.56 Å². The smallest absolute Gasteiger partial charge is 0.374 e. The van der Waals surface area contributed by atoms with E-state index in [1.807, 2.05) is 6.92 Å². The first-order chi connectivity index (χ1) is 8.43. The first-order valence-electron chi connectivity index (χ1n) is 5.45. The monoisotopic (exact) mass is 272 g/mol. The number of aliphatic carboxylic acids is 1. The first-order valence-corrected chi connectivity index (χ1v) is 6.50. The van der Waals surface area contributed by atoms with Crippen LogP contribution in [-0.4, -0.2) is 29.4 Å². The third kappa shape index (κ3) is 4.10. The highest BCUT2D eigenvalue weighted by molar-refractivity contribution is 7.99. The molecule has 0 bridgehead atoms. The van der Waals surface area contributed by atoms with Gasteiger partial charge in [0.05, 0.1) is 19.3 Å². The molecule has 0 saturated carbocycles. The van der Waals surface area contributed by atoms with Gasteiger partial charge in [0.25, 0.3) is 0 Å². The number of carboxylic acid groups (broad SMARTS) is 1. The van der Waals surface area contributed by atoms with Crippen molar-refractivity contribution in [2.24, 2.45) is 0 Å². The Hall–Kier alpha value is -1.43. The molecule has 1 rings (SSSR count). The average Bonchev–Trinajstić information content (AvgIpc) is 2.66. The van der Waals surface area contributed by atoms with E-state index in [1.165, 1.54) is 18.9 Å². The highest BCUT2D eigenvalue weighted by Crippen LogP contribution is 2.23. The van der Waals surface area contributed by atoms with Crippen LogP contribution in [0, 0.1) is 6.92 Å². The van der Waals surface area contributed by atoms with Crippen LogP contribution < -0.4 is 0 Å². The minimum absolute atomic E-state index is 0.00511. The molecular formula is C12H16O5S. The number of rotatable bonds is 6. The number of esters is 1. The number of carbonyl (C=O) groups is 2. The van der Waals surface area contributed by atoms with Crippen molar-refractivity contribution in [2.75, 3.05) is 7.11 Å². The van der Waals surface area contributed by atoms with E-state index in [9.17, 15) is 9.59 Å². The van der Waals surface area contributed by atoms with Gasteiger partial charge in [0.15, 0.2) is 0 Å². The number of hydrogen-bond donors (Lipinski definition) is 1. The van der Waals surface area contributed by atoms with Crippen LogP contribution in [0.25, 0.3) is 0 Å². The average molecular weight is 272 g/mol. The summed E-state index contributed by atoms with van der Waals surface area (Å²) in [6.45, 7) is 3.61. The van der Waals surface area contributed by atoms with E-state index in [0.29, 0.717) is 11.5 Å². The van der Waals surface area contributed by atoms with Crippen molar-refractivity contribution in [1.29, 1.82) is 0 Å². The molecule has 18 heavy (non-hydrogen) atoms. The summed E-state index contributed by atoms with van der Waals surface area (Å²) in [5, 5.41) is 8.63. The zero-order valence-corrected chi connectivity index (χ0v) is 11.4. The molecule has 1 aromatic rings. The number of hydrogen-bond acceptors (Lipinski definition) is 5. The predicted molar refractivity (Wildman–Crippen MR) is 67.8 cm³/mol. The number of aryl methyl sites for hydroxylation is 1. The second-order valence-corrected chi connectivity index (χ2v) is 5.36. The third-order valence-electron chi connectivity index (χ3n) is 2.31. The lowest BCUT2D eigenvalue weighted by molar-refractivity contribution is -0.136. The highest BCUT2D eigenvalue weighted by Gasteiger charge is 2.17. The van der Waals surface area contributed by atoms with Crippen molar-refractivity contribution in [2.45, 2.75) is 31.3 Å². The molecule has 0 saturated heterocycles. The third-order valence-corrected chi connectivity index (χ3v) is 3.50. The molecule has 100 valence electrons. The van der Waals surface area contributed by atoms with Crippen LogP contribution in [0.3, 0.4) is 0 Å². The number of methoxy groups -OCH3 is 1. The fourth-order valence-corrected chi connectivity index (χ4v) is 2.30.